The number of carbonyl (C=O) groups excluding carboxylic acids is 1. The van der Waals surface area contributed by atoms with E-state index in [4.69, 9.17) is 16.3 Å². The van der Waals surface area contributed by atoms with Crippen molar-refractivity contribution in [1.29, 1.82) is 0 Å². The zero-order chi connectivity index (χ0) is 7.84. The van der Waals surface area contributed by atoms with Crippen LogP contribution in [0.4, 0.5) is 0 Å². The fourth-order valence-electron chi connectivity index (χ4n) is 1.09. The highest BCUT2D eigenvalue weighted by Crippen LogP contribution is 2.32. The zero-order valence-corrected chi connectivity index (χ0v) is 6.39. The van der Waals surface area contributed by atoms with Crippen LogP contribution in [0.1, 0.15) is 10.4 Å². The highest BCUT2D eigenvalue weighted by Gasteiger charge is 2.22. The van der Waals surface area contributed by atoms with Gasteiger partial charge in [-0.05, 0) is 12.1 Å². The SMILES string of the molecule is O=C1COc2c(Cl)cccc21. The molecule has 0 spiro atoms. The van der Waals surface area contributed by atoms with Gasteiger partial charge in [0.1, 0.15) is 5.75 Å². The smallest absolute Gasteiger partial charge is 0.203 e. The number of ketones is 1. The molecule has 0 aromatic heterocycles. The number of para-hydroxylation sites is 1. The Bertz CT molecular complexity index is 320. The van der Waals surface area contributed by atoms with Gasteiger partial charge in [0, 0.05) is 0 Å². The third-order valence-corrected chi connectivity index (χ3v) is 1.91. The van der Waals surface area contributed by atoms with Crippen LogP contribution < -0.4 is 4.74 Å². The number of Topliss-reactive ketones (excluding diaryl/α,β-unsaturated/α-hetero) is 1. The first-order valence-electron chi connectivity index (χ1n) is 3.23. The van der Waals surface area contributed by atoms with E-state index in [2.05, 4.69) is 0 Å². The van der Waals surface area contributed by atoms with Gasteiger partial charge in [-0.15, -0.1) is 0 Å². The lowest BCUT2D eigenvalue weighted by molar-refractivity contribution is 0.0961. The summed E-state index contributed by atoms with van der Waals surface area (Å²) in [6.07, 6.45) is 0. The number of hydrogen-bond acceptors (Lipinski definition) is 2. The monoisotopic (exact) mass is 168 g/mol. The number of fused-ring (bicyclic) bond motifs is 1. The van der Waals surface area contributed by atoms with Gasteiger partial charge >= 0.3 is 0 Å². The van der Waals surface area contributed by atoms with Crippen LogP contribution in [-0.4, -0.2) is 12.4 Å². The largest absolute Gasteiger partial charge is 0.483 e. The molecule has 0 bridgehead atoms. The molecule has 1 heterocycles. The molecule has 1 aliphatic heterocycles. The van der Waals surface area contributed by atoms with Gasteiger partial charge in [0.05, 0.1) is 10.6 Å². The molecule has 0 saturated heterocycles. The Labute approximate surface area is 68.7 Å². The van der Waals surface area contributed by atoms with Gasteiger partial charge < -0.3 is 4.74 Å². The van der Waals surface area contributed by atoms with Crippen LogP contribution in [0, 0.1) is 0 Å². The maximum absolute atomic E-state index is 11.0. The molecule has 0 N–H and O–H groups in total. The van der Waals surface area contributed by atoms with Crippen LogP contribution in [0.15, 0.2) is 18.2 Å². The Hall–Kier alpha value is -1.02. The average molecular weight is 169 g/mol. The minimum atomic E-state index is 0.00231. The molecule has 0 aliphatic carbocycles. The summed E-state index contributed by atoms with van der Waals surface area (Å²) in [6, 6.07) is 5.17. The third-order valence-electron chi connectivity index (χ3n) is 1.61. The number of carbonyl (C=O) groups is 1. The summed E-state index contributed by atoms with van der Waals surface area (Å²) >= 11 is 5.76. The second kappa shape index (κ2) is 2.24. The lowest BCUT2D eigenvalue weighted by Gasteiger charge is -1.97. The molecule has 1 aromatic carbocycles. The van der Waals surface area contributed by atoms with E-state index in [0.717, 1.165) is 0 Å². The molecule has 56 valence electrons. The first-order chi connectivity index (χ1) is 5.29. The zero-order valence-electron chi connectivity index (χ0n) is 5.63. The Balaban J connectivity index is 2.66. The quantitative estimate of drug-likeness (QED) is 0.592. The molecule has 0 amide bonds. The molecule has 0 atom stereocenters. The number of rotatable bonds is 0. The standard InChI is InChI=1S/C8H5ClO2/c9-6-3-1-2-5-7(10)4-11-8(5)6/h1-3H,4H2. The molecule has 0 radical (unpaired) electrons. The predicted molar refractivity (Wildman–Crippen MR) is 41.3 cm³/mol. The molecule has 11 heavy (non-hydrogen) atoms. The van der Waals surface area contributed by atoms with E-state index < -0.39 is 0 Å². The van der Waals surface area contributed by atoms with E-state index in [-0.39, 0.29) is 12.4 Å². The molecular weight excluding hydrogens is 164 g/mol. The molecule has 2 rings (SSSR count). The Morgan fingerprint density at radius 1 is 1.45 bits per heavy atom. The molecule has 1 aromatic rings. The molecule has 2 nitrogen and oxygen atoms in total. The van der Waals surface area contributed by atoms with E-state index in [1.807, 2.05) is 0 Å². The Morgan fingerprint density at radius 3 is 3.00 bits per heavy atom. The van der Waals surface area contributed by atoms with Crippen molar-refractivity contribution in [2.45, 2.75) is 0 Å². The lowest BCUT2D eigenvalue weighted by Crippen LogP contribution is -1.98. The minimum Gasteiger partial charge on any atom is -0.483 e. The van der Waals surface area contributed by atoms with E-state index in [1.54, 1.807) is 18.2 Å². The first kappa shape index (κ1) is 6.68. The van der Waals surface area contributed by atoms with E-state index in [9.17, 15) is 4.79 Å². The summed E-state index contributed by atoms with van der Waals surface area (Å²) < 4.78 is 5.06. The van der Waals surface area contributed by atoms with Crippen molar-refractivity contribution in [3.8, 4) is 5.75 Å². The number of ether oxygens (including phenoxy) is 1. The van der Waals surface area contributed by atoms with Gasteiger partial charge in [0.25, 0.3) is 0 Å². The van der Waals surface area contributed by atoms with Gasteiger partial charge in [-0.1, -0.05) is 17.7 Å². The highest BCUT2D eigenvalue weighted by atomic mass is 35.5. The third kappa shape index (κ3) is 0.906. The van der Waals surface area contributed by atoms with Crippen molar-refractivity contribution in [1.82, 2.24) is 0 Å². The molecule has 0 unspecified atom stereocenters. The Kier molecular flexibility index (Phi) is 1.36. The number of benzene rings is 1. The van der Waals surface area contributed by atoms with Gasteiger partial charge in [0.2, 0.25) is 5.78 Å². The van der Waals surface area contributed by atoms with E-state index >= 15 is 0 Å². The summed E-state index contributed by atoms with van der Waals surface area (Å²) in [4.78, 5) is 11.0. The first-order valence-corrected chi connectivity index (χ1v) is 3.61. The van der Waals surface area contributed by atoms with Crippen molar-refractivity contribution in [3.05, 3.63) is 28.8 Å². The number of halogens is 1. The van der Waals surface area contributed by atoms with Gasteiger partial charge in [-0.25, -0.2) is 0 Å². The number of hydrogen-bond donors (Lipinski definition) is 0. The molecular formula is C8H5ClO2. The van der Waals surface area contributed by atoms with Crippen molar-refractivity contribution in [2.75, 3.05) is 6.61 Å². The molecule has 1 aliphatic rings. The normalized spacial score (nSPS) is 14.5. The molecule has 0 saturated carbocycles. The summed E-state index contributed by atoms with van der Waals surface area (Å²) in [5, 5.41) is 0.508. The maximum atomic E-state index is 11.0. The van der Waals surface area contributed by atoms with Crippen LogP contribution in [0.2, 0.25) is 5.02 Å². The molecule has 3 heteroatoms. The van der Waals surface area contributed by atoms with Crippen LogP contribution >= 0.6 is 11.6 Å². The van der Waals surface area contributed by atoms with Crippen LogP contribution in [0.5, 0.6) is 5.75 Å². The lowest BCUT2D eigenvalue weighted by atomic mass is 10.1. The summed E-state index contributed by atoms with van der Waals surface area (Å²) in [5.74, 6) is 0.529. The van der Waals surface area contributed by atoms with Crippen LogP contribution in [-0.2, 0) is 0 Å². The summed E-state index contributed by atoms with van der Waals surface area (Å²) in [5.41, 5.74) is 0.595. The second-order valence-corrected chi connectivity index (χ2v) is 2.74. The van der Waals surface area contributed by atoms with E-state index in [0.29, 0.717) is 16.3 Å². The second-order valence-electron chi connectivity index (χ2n) is 2.33. The minimum absolute atomic E-state index is 0.00231. The van der Waals surface area contributed by atoms with Crippen molar-refractivity contribution in [2.24, 2.45) is 0 Å². The van der Waals surface area contributed by atoms with Crippen LogP contribution in [0.25, 0.3) is 0 Å². The van der Waals surface area contributed by atoms with Crippen molar-refractivity contribution < 1.29 is 9.53 Å². The topological polar surface area (TPSA) is 26.3 Å². The highest BCUT2D eigenvalue weighted by molar-refractivity contribution is 6.33. The van der Waals surface area contributed by atoms with Gasteiger partial charge in [-0.2, -0.15) is 0 Å². The summed E-state index contributed by atoms with van der Waals surface area (Å²) in [7, 11) is 0. The van der Waals surface area contributed by atoms with Crippen molar-refractivity contribution in [3.63, 3.8) is 0 Å². The molecule has 0 fully saturated rings. The predicted octanol–water partition coefficient (Wildman–Crippen LogP) is 1.92. The van der Waals surface area contributed by atoms with Gasteiger partial charge in [0.15, 0.2) is 6.61 Å². The van der Waals surface area contributed by atoms with Gasteiger partial charge in [-0.3, -0.25) is 4.79 Å². The fraction of sp³-hybridized carbons (Fsp3) is 0.125. The van der Waals surface area contributed by atoms with Crippen LogP contribution in [0.3, 0.4) is 0 Å². The van der Waals surface area contributed by atoms with E-state index in [1.165, 1.54) is 0 Å². The Morgan fingerprint density at radius 2 is 2.27 bits per heavy atom. The van der Waals surface area contributed by atoms with Crippen molar-refractivity contribution >= 4 is 17.4 Å². The summed E-state index contributed by atoms with van der Waals surface area (Å²) in [6.45, 7) is 0.124. The average Bonchev–Trinajstić information content (AvgIpc) is 2.35. The fourth-order valence-corrected chi connectivity index (χ4v) is 1.32. The maximum Gasteiger partial charge on any atom is 0.203 e.